The summed E-state index contributed by atoms with van der Waals surface area (Å²) in [7, 11) is 1.51. The molecule has 120 valence electrons. The van der Waals surface area contributed by atoms with Crippen LogP contribution in [0.2, 0.25) is 0 Å². The van der Waals surface area contributed by atoms with Crippen LogP contribution in [0.4, 0.5) is 0 Å². The van der Waals surface area contributed by atoms with E-state index >= 15 is 0 Å². The van der Waals surface area contributed by atoms with Gasteiger partial charge in [0.15, 0.2) is 11.5 Å². The number of fused-ring (bicyclic) bond motifs is 1. The van der Waals surface area contributed by atoms with Gasteiger partial charge in [0, 0.05) is 32.6 Å². The van der Waals surface area contributed by atoms with Crippen LogP contribution in [0.25, 0.3) is 0 Å². The summed E-state index contributed by atoms with van der Waals surface area (Å²) in [5.74, 6) is 1.37. The molecule has 1 aromatic heterocycles. The Morgan fingerprint density at radius 3 is 2.83 bits per heavy atom. The molecule has 2 aromatic rings. The highest BCUT2D eigenvalue weighted by Gasteiger charge is 2.18. The number of hydrogen-bond acceptors (Lipinski definition) is 5. The molecule has 1 aliphatic heterocycles. The van der Waals surface area contributed by atoms with Crippen LogP contribution in [0.1, 0.15) is 11.1 Å². The van der Waals surface area contributed by atoms with Crippen molar-refractivity contribution in [3.63, 3.8) is 0 Å². The highest BCUT2D eigenvalue weighted by Crippen LogP contribution is 2.32. The van der Waals surface area contributed by atoms with Crippen molar-refractivity contribution >= 4 is 5.91 Å². The van der Waals surface area contributed by atoms with Crippen LogP contribution < -0.4 is 9.47 Å². The first-order valence-corrected chi connectivity index (χ1v) is 7.30. The number of carbonyl (C=O) groups excluding carboxylic acids is 1. The van der Waals surface area contributed by atoms with Crippen molar-refractivity contribution in [1.82, 2.24) is 9.88 Å². The molecule has 6 nitrogen and oxygen atoms in total. The van der Waals surface area contributed by atoms with Gasteiger partial charge in [-0.15, -0.1) is 0 Å². The minimum atomic E-state index is -0.0750. The third kappa shape index (κ3) is 3.78. The maximum absolute atomic E-state index is 12.3. The molecule has 0 aliphatic carbocycles. The zero-order chi connectivity index (χ0) is 16.1. The molecule has 23 heavy (non-hydrogen) atoms. The Labute approximate surface area is 134 Å². The van der Waals surface area contributed by atoms with E-state index in [4.69, 9.17) is 14.2 Å². The maximum atomic E-state index is 12.3. The summed E-state index contributed by atoms with van der Waals surface area (Å²) in [6.07, 6.45) is 3.47. The predicted molar refractivity (Wildman–Crippen MR) is 82.9 cm³/mol. The van der Waals surface area contributed by atoms with Crippen molar-refractivity contribution in [2.45, 2.75) is 13.1 Å². The molecule has 0 spiro atoms. The average Bonchev–Trinajstić information content (AvgIpc) is 3.03. The van der Waals surface area contributed by atoms with Gasteiger partial charge >= 0.3 is 0 Å². The number of nitrogens with zero attached hydrogens (tertiary/aromatic N) is 2. The van der Waals surface area contributed by atoms with E-state index in [1.165, 1.54) is 7.11 Å². The Bertz CT molecular complexity index is 676. The van der Waals surface area contributed by atoms with Gasteiger partial charge in [0.05, 0.1) is 0 Å². The lowest BCUT2D eigenvalue weighted by atomic mass is 10.1. The van der Waals surface area contributed by atoms with E-state index in [0.29, 0.717) is 18.8 Å². The van der Waals surface area contributed by atoms with Crippen LogP contribution in [0.5, 0.6) is 11.5 Å². The van der Waals surface area contributed by atoms with Crippen molar-refractivity contribution in [2.24, 2.45) is 0 Å². The minimum Gasteiger partial charge on any atom is -0.454 e. The lowest BCUT2D eigenvalue weighted by molar-refractivity contribution is -0.136. The van der Waals surface area contributed by atoms with Gasteiger partial charge in [-0.2, -0.15) is 0 Å². The summed E-state index contributed by atoms with van der Waals surface area (Å²) < 4.78 is 15.7. The fourth-order valence-corrected chi connectivity index (χ4v) is 2.42. The molecular formula is C17H18N2O4. The first kappa shape index (κ1) is 15.3. The standard InChI is InChI=1S/C17H18N2O4/c1-21-11-17(20)19(10-14-3-2-6-18-8-14)9-13-4-5-15-16(7-13)23-12-22-15/h2-8H,9-12H2,1H3. The van der Waals surface area contributed by atoms with E-state index < -0.39 is 0 Å². The third-order valence-corrected chi connectivity index (χ3v) is 3.53. The van der Waals surface area contributed by atoms with E-state index in [1.54, 1.807) is 17.3 Å². The van der Waals surface area contributed by atoms with E-state index in [9.17, 15) is 4.79 Å². The van der Waals surface area contributed by atoms with Crippen molar-refractivity contribution < 1.29 is 19.0 Å². The number of carbonyl (C=O) groups is 1. The Morgan fingerprint density at radius 1 is 1.22 bits per heavy atom. The van der Waals surface area contributed by atoms with Crippen LogP contribution in [-0.2, 0) is 22.6 Å². The lowest BCUT2D eigenvalue weighted by Gasteiger charge is -2.22. The molecular weight excluding hydrogens is 296 g/mol. The minimum absolute atomic E-state index is 0.0464. The van der Waals surface area contributed by atoms with E-state index in [2.05, 4.69) is 4.98 Å². The van der Waals surface area contributed by atoms with Gasteiger partial charge in [-0.05, 0) is 29.3 Å². The number of methoxy groups -OCH3 is 1. The summed E-state index contributed by atoms with van der Waals surface area (Å²) in [5, 5.41) is 0. The number of amides is 1. The summed E-state index contributed by atoms with van der Waals surface area (Å²) in [6.45, 7) is 1.23. The first-order valence-electron chi connectivity index (χ1n) is 7.30. The second-order valence-corrected chi connectivity index (χ2v) is 5.23. The van der Waals surface area contributed by atoms with Gasteiger partial charge in [0.1, 0.15) is 6.61 Å². The number of rotatable bonds is 6. The smallest absolute Gasteiger partial charge is 0.249 e. The van der Waals surface area contributed by atoms with Gasteiger partial charge in [0.25, 0.3) is 0 Å². The Kier molecular flexibility index (Phi) is 4.73. The Hall–Kier alpha value is -2.60. The summed E-state index contributed by atoms with van der Waals surface area (Å²) >= 11 is 0. The molecule has 1 aliphatic rings. The third-order valence-electron chi connectivity index (χ3n) is 3.53. The second-order valence-electron chi connectivity index (χ2n) is 5.23. The fraction of sp³-hybridized carbons (Fsp3) is 0.294. The number of benzene rings is 1. The van der Waals surface area contributed by atoms with Crippen molar-refractivity contribution in [2.75, 3.05) is 20.5 Å². The zero-order valence-electron chi connectivity index (χ0n) is 12.9. The normalized spacial score (nSPS) is 12.2. The number of pyridine rings is 1. The molecule has 1 amide bonds. The summed E-state index contributed by atoms with van der Waals surface area (Å²) in [5.41, 5.74) is 1.94. The molecule has 3 rings (SSSR count). The molecule has 0 saturated carbocycles. The van der Waals surface area contributed by atoms with Gasteiger partial charge in [-0.1, -0.05) is 12.1 Å². The Balaban J connectivity index is 1.76. The van der Waals surface area contributed by atoms with Crippen LogP contribution in [0.3, 0.4) is 0 Å². The van der Waals surface area contributed by atoms with Crippen molar-refractivity contribution in [3.05, 3.63) is 53.9 Å². The average molecular weight is 314 g/mol. The van der Waals surface area contributed by atoms with Crippen LogP contribution in [0.15, 0.2) is 42.7 Å². The van der Waals surface area contributed by atoms with E-state index in [1.807, 2.05) is 30.3 Å². The maximum Gasteiger partial charge on any atom is 0.249 e. The molecule has 1 aromatic carbocycles. The van der Waals surface area contributed by atoms with Gasteiger partial charge in [0.2, 0.25) is 12.7 Å². The monoisotopic (exact) mass is 314 g/mol. The number of hydrogen-bond donors (Lipinski definition) is 0. The van der Waals surface area contributed by atoms with Crippen molar-refractivity contribution in [3.8, 4) is 11.5 Å². The largest absolute Gasteiger partial charge is 0.454 e. The molecule has 2 heterocycles. The molecule has 0 bridgehead atoms. The van der Waals surface area contributed by atoms with E-state index in [0.717, 1.165) is 16.9 Å². The topological polar surface area (TPSA) is 60.9 Å². The molecule has 0 fully saturated rings. The highest BCUT2D eigenvalue weighted by molar-refractivity contribution is 5.77. The molecule has 0 N–H and O–H groups in total. The summed E-state index contributed by atoms with van der Waals surface area (Å²) in [6, 6.07) is 9.50. The molecule has 6 heteroatoms. The molecule has 0 saturated heterocycles. The highest BCUT2D eigenvalue weighted by atomic mass is 16.7. The van der Waals surface area contributed by atoms with E-state index in [-0.39, 0.29) is 19.3 Å². The summed E-state index contributed by atoms with van der Waals surface area (Å²) in [4.78, 5) is 18.1. The SMILES string of the molecule is COCC(=O)N(Cc1cccnc1)Cc1ccc2c(c1)OCO2. The van der Waals surface area contributed by atoms with Crippen LogP contribution in [0, 0.1) is 0 Å². The second kappa shape index (κ2) is 7.11. The molecule has 0 radical (unpaired) electrons. The number of aromatic nitrogens is 1. The van der Waals surface area contributed by atoms with Gasteiger partial charge < -0.3 is 19.1 Å². The van der Waals surface area contributed by atoms with Crippen LogP contribution >= 0.6 is 0 Å². The Morgan fingerprint density at radius 2 is 2.04 bits per heavy atom. The molecule has 0 atom stereocenters. The van der Waals surface area contributed by atoms with Gasteiger partial charge in [-0.25, -0.2) is 0 Å². The first-order chi connectivity index (χ1) is 11.3. The number of ether oxygens (including phenoxy) is 3. The van der Waals surface area contributed by atoms with Gasteiger partial charge in [-0.3, -0.25) is 9.78 Å². The molecule has 0 unspecified atom stereocenters. The lowest BCUT2D eigenvalue weighted by Crippen LogP contribution is -2.32. The zero-order valence-corrected chi connectivity index (χ0v) is 12.9. The predicted octanol–water partition coefficient (Wildman–Crippen LogP) is 1.99. The van der Waals surface area contributed by atoms with Crippen molar-refractivity contribution in [1.29, 1.82) is 0 Å². The van der Waals surface area contributed by atoms with Crippen LogP contribution in [-0.4, -0.2) is 36.3 Å². The quantitative estimate of drug-likeness (QED) is 0.816. The fourth-order valence-electron chi connectivity index (χ4n) is 2.42.